The molecule has 0 saturated carbocycles. The molecular weight excluding hydrogens is 474 g/mol. The molecule has 2 aliphatic rings. The molecule has 2 aromatic carbocycles. The molecule has 9 nitrogen and oxygen atoms in total. The summed E-state index contributed by atoms with van der Waals surface area (Å²) in [5.41, 5.74) is 3.21. The van der Waals surface area contributed by atoms with Crippen LogP contribution in [0.2, 0.25) is 0 Å². The van der Waals surface area contributed by atoms with Crippen LogP contribution in [0.15, 0.2) is 42.5 Å². The van der Waals surface area contributed by atoms with Gasteiger partial charge in [-0.1, -0.05) is 18.2 Å². The Bertz CT molecular complexity index is 1020. The fraction of sp³-hybridized carbons (Fsp3) is 0.536. The van der Waals surface area contributed by atoms with Crippen LogP contribution in [0.25, 0.3) is 0 Å². The molecular formula is C28H39N3O6. The first-order valence-corrected chi connectivity index (χ1v) is 12.8. The van der Waals surface area contributed by atoms with E-state index in [0.29, 0.717) is 26.3 Å². The van der Waals surface area contributed by atoms with Crippen molar-refractivity contribution in [3.63, 3.8) is 0 Å². The van der Waals surface area contributed by atoms with Gasteiger partial charge in [-0.3, -0.25) is 0 Å². The zero-order valence-electron chi connectivity index (χ0n) is 22.3. The van der Waals surface area contributed by atoms with Gasteiger partial charge in [-0.25, -0.2) is 4.79 Å². The number of ether oxygens (including phenoxy) is 5. The molecule has 0 aliphatic carbocycles. The number of piperidine rings is 1. The number of amides is 1. The molecule has 2 aromatic rings. The highest BCUT2D eigenvalue weighted by molar-refractivity contribution is 5.67. The number of hydrogen-bond acceptors (Lipinski definition) is 8. The quantitative estimate of drug-likeness (QED) is 0.485. The molecule has 0 spiro atoms. The molecule has 2 heterocycles. The van der Waals surface area contributed by atoms with Crippen LogP contribution in [0.4, 0.5) is 10.5 Å². The van der Waals surface area contributed by atoms with Gasteiger partial charge in [0.05, 0.1) is 32.1 Å². The number of methoxy groups -OCH3 is 2. The molecule has 3 atom stereocenters. The van der Waals surface area contributed by atoms with Gasteiger partial charge in [0.15, 0.2) is 0 Å². The zero-order chi connectivity index (χ0) is 26.2. The molecule has 9 heteroatoms. The van der Waals surface area contributed by atoms with E-state index >= 15 is 0 Å². The molecule has 0 bridgehead atoms. The molecule has 0 radical (unpaired) electrons. The first-order valence-electron chi connectivity index (χ1n) is 12.8. The van der Waals surface area contributed by atoms with Crippen LogP contribution < -0.4 is 19.7 Å². The van der Waals surface area contributed by atoms with Crippen molar-refractivity contribution < 1.29 is 28.5 Å². The molecule has 1 saturated heterocycles. The normalized spacial score (nSPS) is 21.1. The third-order valence-corrected chi connectivity index (χ3v) is 6.83. The van der Waals surface area contributed by atoms with Crippen LogP contribution in [-0.2, 0) is 20.8 Å². The summed E-state index contributed by atoms with van der Waals surface area (Å²) in [7, 11) is 6.75. The van der Waals surface area contributed by atoms with Crippen molar-refractivity contribution in [2.45, 2.75) is 31.2 Å². The summed E-state index contributed by atoms with van der Waals surface area (Å²) < 4.78 is 28.8. The average Bonchev–Trinajstić information content (AvgIpc) is 2.92. The van der Waals surface area contributed by atoms with Gasteiger partial charge >= 0.3 is 6.09 Å². The molecule has 2 aliphatic heterocycles. The lowest BCUT2D eigenvalue weighted by Gasteiger charge is -2.38. The van der Waals surface area contributed by atoms with Crippen LogP contribution >= 0.6 is 0 Å². The summed E-state index contributed by atoms with van der Waals surface area (Å²) in [5, 5.41) is 3.39. The van der Waals surface area contributed by atoms with Crippen molar-refractivity contribution in [2.24, 2.45) is 0 Å². The topological polar surface area (TPSA) is 81.7 Å². The van der Waals surface area contributed by atoms with E-state index in [1.54, 1.807) is 28.3 Å². The van der Waals surface area contributed by atoms with Gasteiger partial charge in [0.2, 0.25) is 0 Å². The Morgan fingerprint density at radius 3 is 2.62 bits per heavy atom. The third-order valence-electron chi connectivity index (χ3n) is 6.83. The Kier molecular flexibility index (Phi) is 9.49. The third kappa shape index (κ3) is 6.85. The number of fused-ring (bicyclic) bond motifs is 1. The minimum Gasteiger partial charge on any atom is -0.497 e. The van der Waals surface area contributed by atoms with Crippen molar-refractivity contribution in [2.75, 3.05) is 72.6 Å². The predicted molar refractivity (Wildman–Crippen MR) is 142 cm³/mol. The fourth-order valence-corrected chi connectivity index (χ4v) is 4.87. The van der Waals surface area contributed by atoms with Gasteiger partial charge in [0.25, 0.3) is 0 Å². The molecule has 0 aromatic heterocycles. The Labute approximate surface area is 219 Å². The average molecular weight is 514 g/mol. The van der Waals surface area contributed by atoms with Gasteiger partial charge in [0, 0.05) is 53.4 Å². The summed E-state index contributed by atoms with van der Waals surface area (Å²) >= 11 is 0. The first kappa shape index (κ1) is 27.0. The lowest BCUT2D eigenvalue weighted by molar-refractivity contribution is -0.0417. The number of carbonyl (C=O) groups excluding carboxylic acids is 1. The predicted octanol–water partition coefficient (Wildman–Crippen LogP) is 3.27. The number of nitrogens with zero attached hydrogens (tertiary/aromatic N) is 2. The van der Waals surface area contributed by atoms with Crippen LogP contribution in [0.1, 0.15) is 23.5 Å². The molecule has 1 fully saturated rings. The summed E-state index contributed by atoms with van der Waals surface area (Å²) in [6.45, 7) is 4.83. The van der Waals surface area contributed by atoms with Gasteiger partial charge in [0.1, 0.15) is 24.2 Å². The fourth-order valence-electron chi connectivity index (χ4n) is 4.87. The number of rotatable bonds is 10. The SMILES string of the molecule is COCCCN1CCOc2ccc(CO[C@H]3CNC[C@@H](OC(=O)N(C)C)[C@@H]3c3ccc(OC)cc3)cc21. The van der Waals surface area contributed by atoms with E-state index in [-0.39, 0.29) is 24.2 Å². The lowest BCUT2D eigenvalue weighted by atomic mass is 9.85. The van der Waals surface area contributed by atoms with Gasteiger partial charge in [-0.15, -0.1) is 0 Å². The van der Waals surface area contributed by atoms with E-state index in [9.17, 15) is 4.79 Å². The first-order chi connectivity index (χ1) is 18.0. The Balaban J connectivity index is 1.51. The minimum atomic E-state index is -0.366. The molecule has 1 amide bonds. The number of hydrogen-bond donors (Lipinski definition) is 1. The van der Waals surface area contributed by atoms with E-state index in [4.69, 9.17) is 23.7 Å². The van der Waals surface area contributed by atoms with Crippen molar-refractivity contribution in [3.05, 3.63) is 53.6 Å². The van der Waals surface area contributed by atoms with E-state index in [2.05, 4.69) is 22.3 Å². The smallest absolute Gasteiger partial charge is 0.409 e. The van der Waals surface area contributed by atoms with Gasteiger partial charge in [-0.05, 0) is 41.8 Å². The summed E-state index contributed by atoms with van der Waals surface area (Å²) in [6, 6.07) is 14.1. The summed E-state index contributed by atoms with van der Waals surface area (Å²) in [6.07, 6.45) is 0.0396. The largest absolute Gasteiger partial charge is 0.497 e. The second-order valence-corrected chi connectivity index (χ2v) is 9.61. The minimum absolute atomic E-state index is 0.123. The van der Waals surface area contributed by atoms with Crippen molar-refractivity contribution >= 4 is 11.8 Å². The molecule has 37 heavy (non-hydrogen) atoms. The van der Waals surface area contributed by atoms with Crippen LogP contribution in [0.3, 0.4) is 0 Å². The Hall–Kier alpha value is -3.01. The van der Waals surface area contributed by atoms with Crippen molar-refractivity contribution in [3.8, 4) is 11.5 Å². The van der Waals surface area contributed by atoms with Crippen LogP contribution in [0.5, 0.6) is 11.5 Å². The monoisotopic (exact) mass is 513 g/mol. The maximum Gasteiger partial charge on any atom is 0.409 e. The summed E-state index contributed by atoms with van der Waals surface area (Å²) in [4.78, 5) is 16.2. The van der Waals surface area contributed by atoms with E-state index in [0.717, 1.165) is 54.4 Å². The highest BCUT2D eigenvalue weighted by Gasteiger charge is 2.38. The van der Waals surface area contributed by atoms with E-state index in [1.165, 1.54) is 4.90 Å². The van der Waals surface area contributed by atoms with Crippen molar-refractivity contribution in [1.29, 1.82) is 0 Å². The van der Waals surface area contributed by atoms with Gasteiger partial charge in [-0.2, -0.15) is 0 Å². The molecule has 1 N–H and O–H groups in total. The van der Waals surface area contributed by atoms with E-state index < -0.39 is 0 Å². The standard InChI is InChI=1S/C28H39N3O6/c1-30(2)28(32)37-26-18-29-17-25(27(26)21-7-9-22(34-4)10-8-21)36-19-20-6-11-24-23(16-20)31(13-15-35-24)12-5-14-33-3/h6-11,16,25-27,29H,5,12-15,17-19H2,1-4H3/t25-,26+,27+/m0/s1. The second-order valence-electron chi connectivity index (χ2n) is 9.61. The number of anilines is 1. The maximum atomic E-state index is 12.4. The lowest BCUT2D eigenvalue weighted by Crippen LogP contribution is -2.51. The maximum absolute atomic E-state index is 12.4. The highest BCUT2D eigenvalue weighted by Crippen LogP contribution is 2.35. The number of benzene rings is 2. The van der Waals surface area contributed by atoms with E-state index in [1.807, 2.05) is 30.3 Å². The second kappa shape index (κ2) is 13.0. The number of nitrogens with one attached hydrogen (secondary N) is 1. The summed E-state index contributed by atoms with van der Waals surface area (Å²) in [5.74, 6) is 1.56. The van der Waals surface area contributed by atoms with Crippen LogP contribution in [-0.4, -0.2) is 90.9 Å². The molecule has 4 rings (SSSR count). The highest BCUT2D eigenvalue weighted by atomic mass is 16.6. The van der Waals surface area contributed by atoms with Crippen molar-refractivity contribution in [1.82, 2.24) is 10.2 Å². The van der Waals surface area contributed by atoms with Gasteiger partial charge < -0.3 is 38.8 Å². The molecule has 202 valence electrons. The number of carbonyl (C=O) groups is 1. The Morgan fingerprint density at radius 2 is 1.89 bits per heavy atom. The zero-order valence-corrected chi connectivity index (χ0v) is 22.3. The molecule has 0 unspecified atom stereocenters. The van der Waals surface area contributed by atoms with Crippen LogP contribution in [0, 0.1) is 0 Å². The Morgan fingerprint density at radius 1 is 1.11 bits per heavy atom.